The van der Waals surface area contributed by atoms with Gasteiger partial charge in [0, 0.05) is 22.5 Å². The van der Waals surface area contributed by atoms with Crippen LogP contribution in [0.4, 0.5) is 0 Å². The zero-order valence-electron chi connectivity index (χ0n) is 13.8. The van der Waals surface area contributed by atoms with Gasteiger partial charge in [-0.25, -0.2) is 0 Å². The summed E-state index contributed by atoms with van der Waals surface area (Å²) in [6.07, 6.45) is -4.83. The molecule has 2 aromatic heterocycles. The van der Waals surface area contributed by atoms with Gasteiger partial charge in [0.25, 0.3) is 0 Å². The van der Waals surface area contributed by atoms with Crippen LogP contribution in [0.2, 0.25) is 0 Å². The largest absolute Gasteiger partial charge is 0.394 e. The van der Waals surface area contributed by atoms with E-state index in [0.717, 1.165) is 21.8 Å². The number of hydrogen-bond donors (Lipinski definition) is 5. The minimum atomic E-state index is -1.47. The van der Waals surface area contributed by atoms with Crippen LogP contribution in [0.5, 0.6) is 0 Å². The number of ether oxygens (including phenoxy) is 2. The number of rotatable bonds is 4. The molecule has 5 unspecified atom stereocenters. The van der Waals surface area contributed by atoms with Crippen molar-refractivity contribution in [2.75, 3.05) is 6.61 Å². The third-order valence-corrected chi connectivity index (χ3v) is 4.74. The number of nitrogens with zero attached hydrogens (tertiary/aromatic N) is 1. The number of fused-ring (bicyclic) bond motifs is 3. The molecule has 0 aliphatic carbocycles. The lowest BCUT2D eigenvalue weighted by Gasteiger charge is -2.39. The Bertz CT molecular complexity index is 911. The van der Waals surface area contributed by atoms with Gasteiger partial charge >= 0.3 is 0 Å². The molecule has 5 atom stereocenters. The fourth-order valence-electron chi connectivity index (χ4n) is 3.31. The predicted molar refractivity (Wildman–Crippen MR) is 92.2 cm³/mol. The first kappa shape index (κ1) is 17.3. The van der Waals surface area contributed by atoms with Gasteiger partial charge in [0.1, 0.15) is 24.4 Å². The third-order valence-electron chi connectivity index (χ3n) is 4.74. The van der Waals surface area contributed by atoms with E-state index < -0.39 is 37.3 Å². The lowest BCUT2D eigenvalue weighted by molar-refractivity contribution is -0.304. The van der Waals surface area contributed by atoms with Crippen LogP contribution < -0.4 is 0 Å². The minimum absolute atomic E-state index is 0.0207. The SMILES string of the molecule is OCC1OC(OCc2nccc3c2[nH]c2ccccc23)C(O)C(O)C1O. The molecule has 8 heteroatoms. The van der Waals surface area contributed by atoms with Crippen LogP contribution >= 0.6 is 0 Å². The molecule has 3 heterocycles. The van der Waals surface area contributed by atoms with Crippen LogP contribution in [0.1, 0.15) is 5.69 Å². The first-order valence-corrected chi connectivity index (χ1v) is 8.36. The number of pyridine rings is 1. The summed E-state index contributed by atoms with van der Waals surface area (Å²) in [6, 6.07) is 9.79. The summed E-state index contributed by atoms with van der Waals surface area (Å²) in [5.41, 5.74) is 2.42. The number of hydrogen-bond acceptors (Lipinski definition) is 7. The Hall–Kier alpha value is -2.07. The van der Waals surface area contributed by atoms with Gasteiger partial charge in [0.15, 0.2) is 6.29 Å². The van der Waals surface area contributed by atoms with Gasteiger partial charge in [-0.3, -0.25) is 4.98 Å². The Morgan fingerprint density at radius 2 is 1.85 bits per heavy atom. The fraction of sp³-hybridized carbons (Fsp3) is 0.389. The second kappa shape index (κ2) is 6.92. The van der Waals surface area contributed by atoms with Crippen molar-refractivity contribution in [3.63, 3.8) is 0 Å². The molecule has 0 saturated carbocycles. The standard InChI is InChI=1S/C18H20N2O6/c21-7-13-15(22)16(23)17(24)18(26-13)25-8-12-14-10(5-6-19-12)9-3-1-2-4-11(9)20-14/h1-6,13,15-18,20-24H,7-8H2. The first-order valence-electron chi connectivity index (χ1n) is 8.36. The van der Waals surface area contributed by atoms with Gasteiger partial charge < -0.3 is 34.9 Å². The minimum Gasteiger partial charge on any atom is -0.394 e. The monoisotopic (exact) mass is 360 g/mol. The number of aliphatic hydroxyl groups is 4. The quantitative estimate of drug-likeness (QED) is 0.444. The zero-order chi connectivity index (χ0) is 18.3. The van der Waals surface area contributed by atoms with Crippen LogP contribution in [0.15, 0.2) is 36.5 Å². The van der Waals surface area contributed by atoms with E-state index in [0.29, 0.717) is 5.69 Å². The molecule has 1 saturated heterocycles. The van der Waals surface area contributed by atoms with Crippen LogP contribution in [-0.2, 0) is 16.1 Å². The Morgan fingerprint density at radius 1 is 1.04 bits per heavy atom. The molecule has 0 amide bonds. The van der Waals surface area contributed by atoms with E-state index >= 15 is 0 Å². The fourth-order valence-corrected chi connectivity index (χ4v) is 3.31. The average molecular weight is 360 g/mol. The molecule has 1 fully saturated rings. The van der Waals surface area contributed by atoms with Crippen molar-refractivity contribution in [2.24, 2.45) is 0 Å². The number of H-pyrrole nitrogens is 1. The van der Waals surface area contributed by atoms with Crippen molar-refractivity contribution < 1.29 is 29.9 Å². The summed E-state index contributed by atoms with van der Waals surface area (Å²) in [6.45, 7) is -0.479. The highest BCUT2D eigenvalue weighted by Crippen LogP contribution is 2.28. The molecule has 138 valence electrons. The zero-order valence-corrected chi connectivity index (χ0v) is 13.8. The molecule has 5 N–H and O–H groups in total. The highest BCUT2D eigenvalue weighted by Gasteiger charge is 2.44. The summed E-state index contributed by atoms with van der Waals surface area (Å²) in [5, 5.41) is 41.0. The average Bonchev–Trinajstić information content (AvgIpc) is 3.05. The van der Waals surface area contributed by atoms with Crippen molar-refractivity contribution in [3.05, 3.63) is 42.2 Å². The predicted octanol–water partition coefficient (Wildman–Crippen LogP) is 0.0326. The van der Waals surface area contributed by atoms with Crippen LogP contribution in [-0.4, -0.2) is 67.7 Å². The third kappa shape index (κ3) is 2.86. The number of nitrogens with one attached hydrogen (secondary N) is 1. The summed E-state index contributed by atoms with van der Waals surface area (Å²) < 4.78 is 11.0. The normalized spacial score (nSPS) is 29.5. The molecule has 4 rings (SSSR count). The van der Waals surface area contributed by atoms with Gasteiger partial charge in [0.2, 0.25) is 0 Å². The Labute approximate surface area is 148 Å². The van der Waals surface area contributed by atoms with E-state index in [1.54, 1.807) is 6.20 Å². The van der Waals surface area contributed by atoms with Crippen LogP contribution in [0.25, 0.3) is 21.8 Å². The number of aromatic nitrogens is 2. The molecule has 3 aromatic rings. The lowest BCUT2D eigenvalue weighted by atomic mass is 9.99. The maximum absolute atomic E-state index is 10.1. The molecule has 1 aliphatic heterocycles. The first-order chi connectivity index (χ1) is 12.6. The number of aromatic amines is 1. The van der Waals surface area contributed by atoms with Gasteiger partial charge in [-0.15, -0.1) is 0 Å². The van der Waals surface area contributed by atoms with E-state index in [4.69, 9.17) is 9.47 Å². The van der Waals surface area contributed by atoms with E-state index in [9.17, 15) is 20.4 Å². The van der Waals surface area contributed by atoms with Gasteiger partial charge in [0.05, 0.1) is 24.4 Å². The number of benzene rings is 1. The van der Waals surface area contributed by atoms with Crippen molar-refractivity contribution in [1.82, 2.24) is 9.97 Å². The maximum Gasteiger partial charge on any atom is 0.187 e. The molecular formula is C18H20N2O6. The van der Waals surface area contributed by atoms with E-state index in [-0.39, 0.29) is 6.61 Å². The van der Waals surface area contributed by atoms with Gasteiger partial charge in [-0.05, 0) is 12.1 Å². The van der Waals surface area contributed by atoms with Crippen molar-refractivity contribution >= 4 is 21.8 Å². The number of para-hydroxylation sites is 1. The Balaban J connectivity index is 1.58. The van der Waals surface area contributed by atoms with E-state index in [1.165, 1.54) is 0 Å². The van der Waals surface area contributed by atoms with E-state index in [1.807, 2.05) is 30.3 Å². The molecule has 8 nitrogen and oxygen atoms in total. The smallest absolute Gasteiger partial charge is 0.187 e. The molecular weight excluding hydrogens is 340 g/mol. The summed E-state index contributed by atoms with van der Waals surface area (Å²) in [5.74, 6) is 0. The molecule has 26 heavy (non-hydrogen) atoms. The van der Waals surface area contributed by atoms with Crippen LogP contribution in [0.3, 0.4) is 0 Å². The summed E-state index contributed by atoms with van der Waals surface area (Å²) >= 11 is 0. The topological polar surface area (TPSA) is 128 Å². The Morgan fingerprint density at radius 3 is 2.65 bits per heavy atom. The molecule has 1 aliphatic rings. The lowest BCUT2D eigenvalue weighted by Crippen LogP contribution is -2.59. The molecule has 1 aromatic carbocycles. The van der Waals surface area contributed by atoms with Gasteiger partial charge in [-0.2, -0.15) is 0 Å². The molecule has 0 radical (unpaired) electrons. The Kier molecular flexibility index (Phi) is 4.62. The molecule has 0 bridgehead atoms. The second-order valence-electron chi connectivity index (χ2n) is 6.36. The highest BCUT2D eigenvalue weighted by molar-refractivity contribution is 6.07. The van der Waals surface area contributed by atoms with E-state index in [2.05, 4.69) is 9.97 Å². The molecule has 0 spiro atoms. The van der Waals surface area contributed by atoms with Crippen molar-refractivity contribution in [3.8, 4) is 0 Å². The van der Waals surface area contributed by atoms with Crippen molar-refractivity contribution in [1.29, 1.82) is 0 Å². The van der Waals surface area contributed by atoms with Crippen molar-refractivity contribution in [2.45, 2.75) is 37.3 Å². The van der Waals surface area contributed by atoms with Crippen LogP contribution in [0, 0.1) is 0 Å². The van der Waals surface area contributed by atoms with Gasteiger partial charge in [-0.1, -0.05) is 18.2 Å². The maximum atomic E-state index is 10.1. The second-order valence-corrected chi connectivity index (χ2v) is 6.36. The highest BCUT2D eigenvalue weighted by atomic mass is 16.7. The summed E-state index contributed by atoms with van der Waals surface area (Å²) in [7, 11) is 0. The summed E-state index contributed by atoms with van der Waals surface area (Å²) in [4.78, 5) is 7.64. The number of aliphatic hydroxyl groups excluding tert-OH is 4.